The van der Waals surface area contributed by atoms with E-state index in [1.165, 1.54) is 22.9 Å². The fourth-order valence-electron chi connectivity index (χ4n) is 4.16. The zero-order valence-corrected chi connectivity index (χ0v) is 19.7. The van der Waals surface area contributed by atoms with E-state index < -0.39 is 23.4 Å². The molecule has 0 radical (unpaired) electrons. The van der Waals surface area contributed by atoms with Gasteiger partial charge in [0.1, 0.15) is 34.5 Å². The highest BCUT2D eigenvalue weighted by Gasteiger charge is 2.29. The maximum atomic E-state index is 13.9. The Morgan fingerprint density at radius 2 is 1.86 bits per heavy atom. The molecule has 4 rings (SSSR count). The van der Waals surface area contributed by atoms with Gasteiger partial charge in [-0.3, -0.25) is 9.59 Å². The first-order chi connectivity index (χ1) is 17.6. The van der Waals surface area contributed by atoms with Crippen molar-refractivity contribution in [3.05, 3.63) is 84.2 Å². The number of nitrogens with zero attached hydrogens (tertiary/aromatic N) is 3. The molecule has 1 unspecified atom stereocenters. The smallest absolute Gasteiger partial charge is 0.254 e. The Hall–Kier alpha value is -4.54. The van der Waals surface area contributed by atoms with Crippen LogP contribution in [0.3, 0.4) is 0 Å². The summed E-state index contributed by atoms with van der Waals surface area (Å²) in [6, 6.07) is 8.89. The van der Waals surface area contributed by atoms with Gasteiger partial charge in [0.05, 0.1) is 6.04 Å². The molecule has 11 heteroatoms. The number of anilines is 1. The Labute approximate surface area is 210 Å². The molecule has 2 heterocycles. The van der Waals surface area contributed by atoms with Crippen molar-refractivity contribution in [2.24, 2.45) is 5.73 Å². The summed E-state index contributed by atoms with van der Waals surface area (Å²) in [5.41, 5.74) is 12.7. The molecule has 0 spiro atoms. The van der Waals surface area contributed by atoms with Crippen molar-refractivity contribution in [2.75, 3.05) is 18.8 Å². The highest BCUT2D eigenvalue weighted by Crippen LogP contribution is 2.33. The third-order valence-electron chi connectivity index (χ3n) is 5.90. The Morgan fingerprint density at radius 1 is 1.14 bits per heavy atom. The number of carbonyl (C=O) groups excluding carboxylic acids is 2. The van der Waals surface area contributed by atoms with E-state index in [-0.39, 0.29) is 47.1 Å². The van der Waals surface area contributed by atoms with Crippen LogP contribution in [-0.4, -0.2) is 39.6 Å². The Kier molecular flexibility index (Phi) is 7.32. The molecule has 1 fully saturated rings. The van der Waals surface area contributed by atoms with Gasteiger partial charge in [-0.15, -0.1) is 0 Å². The number of piperidine rings is 1. The van der Waals surface area contributed by atoms with Crippen LogP contribution in [0.4, 0.5) is 19.0 Å². The highest BCUT2D eigenvalue weighted by molar-refractivity contribution is 6.03. The van der Waals surface area contributed by atoms with Gasteiger partial charge >= 0.3 is 0 Å². The van der Waals surface area contributed by atoms with Gasteiger partial charge in [0.2, 0.25) is 5.91 Å². The quantitative estimate of drug-likeness (QED) is 0.358. The summed E-state index contributed by atoms with van der Waals surface area (Å²) >= 11 is 0. The number of hydrogen-bond donors (Lipinski definition) is 2. The summed E-state index contributed by atoms with van der Waals surface area (Å²) in [6.45, 7) is 3.83. The molecule has 1 atom stereocenters. The zero-order valence-electron chi connectivity index (χ0n) is 19.7. The number of hydrogen-bond acceptors (Lipinski definition) is 5. The van der Waals surface area contributed by atoms with Crippen LogP contribution in [0, 0.1) is 11.6 Å². The Bertz CT molecular complexity index is 1380. The molecule has 3 aromatic rings. The van der Waals surface area contributed by atoms with E-state index in [9.17, 15) is 22.8 Å². The summed E-state index contributed by atoms with van der Waals surface area (Å²) in [4.78, 5) is 26.2. The molecule has 1 aliphatic rings. The van der Waals surface area contributed by atoms with E-state index in [0.29, 0.717) is 31.0 Å². The maximum absolute atomic E-state index is 13.9. The fraction of sp³-hybridized carbons (Fsp3) is 0.192. The number of nitrogens with two attached hydrogens (primary N) is 2. The first kappa shape index (κ1) is 25.5. The second-order valence-corrected chi connectivity index (χ2v) is 8.48. The molecule has 37 heavy (non-hydrogen) atoms. The number of halogens is 3. The number of amides is 2. The SMILES string of the molecule is C=C(F)/C=C/C(=O)N1CCCC(n2nc(-c3ccc(Oc4ccc(F)cc4F)cc3)c(C(N)=O)c2N)C1. The number of aromatic nitrogens is 2. The maximum Gasteiger partial charge on any atom is 0.254 e. The predicted octanol–water partition coefficient (Wildman–Crippen LogP) is 4.50. The minimum atomic E-state index is -0.850. The van der Waals surface area contributed by atoms with Crippen LogP contribution in [0.5, 0.6) is 11.5 Å². The number of ether oxygens (including phenoxy) is 1. The van der Waals surface area contributed by atoms with Crippen LogP contribution in [0.2, 0.25) is 0 Å². The van der Waals surface area contributed by atoms with Gasteiger partial charge in [0, 0.05) is 30.8 Å². The van der Waals surface area contributed by atoms with Gasteiger partial charge in [-0.2, -0.15) is 5.10 Å². The van der Waals surface area contributed by atoms with E-state index in [2.05, 4.69) is 11.7 Å². The predicted molar refractivity (Wildman–Crippen MR) is 131 cm³/mol. The minimum absolute atomic E-state index is 0.0234. The van der Waals surface area contributed by atoms with Gasteiger partial charge in [-0.25, -0.2) is 17.9 Å². The molecule has 0 saturated carbocycles. The second-order valence-electron chi connectivity index (χ2n) is 8.48. The zero-order chi connectivity index (χ0) is 26.7. The summed E-state index contributed by atoms with van der Waals surface area (Å²) in [7, 11) is 0. The van der Waals surface area contributed by atoms with E-state index >= 15 is 0 Å². The largest absolute Gasteiger partial charge is 0.454 e. The number of nitrogen functional groups attached to an aromatic ring is 1. The van der Waals surface area contributed by atoms with Crippen molar-refractivity contribution in [2.45, 2.75) is 18.9 Å². The van der Waals surface area contributed by atoms with Crippen LogP contribution < -0.4 is 16.2 Å². The number of primary amides is 1. The number of benzene rings is 2. The van der Waals surface area contributed by atoms with E-state index in [1.807, 2.05) is 0 Å². The van der Waals surface area contributed by atoms with Crippen LogP contribution in [0.25, 0.3) is 11.3 Å². The second kappa shape index (κ2) is 10.6. The lowest BCUT2D eigenvalue weighted by Crippen LogP contribution is -2.40. The van der Waals surface area contributed by atoms with Gasteiger partial charge in [0.15, 0.2) is 11.6 Å². The summed E-state index contributed by atoms with van der Waals surface area (Å²) in [5.74, 6) is -3.28. The average Bonchev–Trinajstić information content (AvgIpc) is 3.22. The number of likely N-dealkylation sites (tertiary alicyclic amines) is 1. The van der Waals surface area contributed by atoms with Gasteiger partial charge < -0.3 is 21.1 Å². The lowest BCUT2D eigenvalue weighted by atomic mass is 10.1. The highest BCUT2D eigenvalue weighted by atomic mass is 19.1. The average molecular weight is 512 g/mol. The third-order valence-corrected chi connectivity index (χ3v) is 5.90. The molecule has 0 bridgehead atoms. The molecular formula is C26H24F3N5O3. The topological polar surface area (TPSA) is 116 Å². The Balaban J connectivity index is 1.59. The van der Waals surface area contributed by atoms with Crippen LogP contribution in [-0.2, 0) is 4.79 Å². The molecule has 1 aromatic heterocycles. The lowest BCUT2D eigenvalue weighted by Gasteiger charge is -2.32. The number of allylic oxidation sites excluding steroid dienone is 2. The first-order valence-electron chi connectivity index (χ1n) is 11.4. The van der Waals surface area contributed by atoms with Crippen LogP contribution >= 0.6 is 0 Å². The number of rotatable bonds is 7. The molecule has 8 nitrogen and oxygen atoms in total. The molecule has 192 valence electrons. The molecular weight excluding hydrogens is 487 g/mol. The van der Waals surface area contributed by atoms with Crippen molar-refractivity contribution in [1.29, 1.82) is 0 Å². The molecule has 1 aliphatic heterocycles. The Morgan fingerprint density at radius 3 is 2.51 bits per heavy atom. The van der Waals surface area contributed by atoms with E-state index in [0.717, 1.165) is 18.2 Å². The number of carbonyl (C=O) groups is 2. The molecule has 4 N–H and O–H groups in total. The van der Waals surface area contributed by atoms with Crippen molar-refractivity contribution in [1.82, 2.24) is 14.7 Å². The van der Waals surface area contributed by atoms with Crippen molar-refractivity contribution in [3.8, 4) is 22.8 Å². The molecule has 0 aliphatic carbocycles. The lowest BCUT2D eigenvalue weighted by molar-refractivity contribution is -0.127. The van der Waals surface area contributed by atoms with Gasteiger partial charge in [-0.05, 0) is 55.3 Å². The minimum Gasteiger partial charge on any atom is -0.454 e. The fourth-order valence-corrected chi connectivity index (χ4v) is 4.16. The summed E-state index contributed by atoms with van der Waals surface area (Å²) in [6.07, 6.45) is 3.39. The normalized spacial score (nSPS) is 15.6. The van der Waals surface area contributed by atoms with Crippen LogP contribution in [0.15, 0.2) is 67.0 Å². The van der Waals surface area contributed by atoms with Crippen molar-refractivity contribution < 1.29 is 27.5 Å². The monoisotopic (exact) mass is 511 g/mol. The van der Waals surface area contributed by atoms with Gasteiger partial charge in [0.25, 0.3) is 5.91 Å². The van der Waals surface area contributed by atoms with E-state index in [1.54, 1.807) is 17.0 Å². The van der Waals surface area contributed by atoms with Crippen molar-refractivity contribution >= 4 is 17.6 Å². The summed E-state index contributed by atoms with van der Waals surface area (Å²) < 4.78 is 46.9. The molecule has 1 saturated heterocycles. The van der Waals surface area contributed by atoms with Crippen molar-refractivity contribution in [3.63, 3.8) is 0 Å². The van der Waals surface area contributed by atoms with Crippen LogP contribution in [0.1, 0.15) is 29.2 Å². The van der Waals surface area contributed by atoms with E-state index in [4.69, 9.17) is 16.2 Å². The first-order valence-corrected chi connectivity index (χ1v) is 11.4. The van der Waals surface area contributed by atoms with Gasteiger partial charge in [-0.1, -0.05) is 6.58 Å². The molecule has 2 aromatic carbocycles. The third kappa shape index (κ3) is 5.66. The molecule has 2 amide bonds. The summed E-state index contributed by atoms with van der Waals surface area (Å²) in [5, 5.41) is 4.55. The standard InChI is InChI=1S/C26H24F3N5O3/c1-15(27)4-11-22(35)33-12-2-3-18(14-33)34-25(30)23(26(31)36)24(32-34)16-5-8-19(9-6-16)37-21-10-7-17(28)13-20(21)29/h4-11,13,18H,1-3,12,14,30H2,(H2,31,36)/b11-4+.